The molecule has 31 heavy (non-hydrogen) atoms. The smallest absolute Gasteiger partial charge is 0.426 e. The van der Waals surface area contributed by atoms with Crippen molar-refractivity contribution < 1.29 is 26.7 Å². The second-order valence-corrected chi connectivity index (χ2v) is 7.72. The van der Waals surface area contributed by atoms with E-state index in [2.05, 4.69) is 4.74 Å². The molecular weight excluding hydrogens is 413 g/mol. The van der Waals surface area contributed by atoms with Crippen LogP contribution in [0.2, 0.25) is 0 Å². The first-order valence-electron chi connectivity index (χ1n) is 10.1. The number of nitrogens with zero attached hydrogens (tertiary/aromatic N) is 1. The third-order valence-electron chi connectivity index (χ3n) is 5.63. The molecule has 2 aromatic carbocycles. The highest BCUT2D eigenvalue weighted by Gasteiger charge is 2.36. The Morgan fingerprint density at radius 3 is 2.32 bits per heavy atom. The maximum atomic E-state index is 14.7. The summed E-state index contributed by atoms with van der Waals surface area (Å²) in [6, 6.07) is 7.51. The molecule has 3 unspecified atom stereocenters. The minimum absolute atomic E-state index is 0.285. The van der Waals surface area contributed by atoms with Crippen molar-refractivity contribution in [3.63, 3.8) is 0 Å². The first kappa shape index (κ1) is 22.8. The lowest BCUT2D eigenvalue weighted by Crippen LogP contribution is -2.25. The van der Waals surface area contributed by atoms with Crippen LogP contribution in [0, 0.1) is 28.9 Å². The molecule has 0 bridgehead atoms. The van der Waals surface area contributed by atoms with Gasteiger partial charge in [-0.2, -0.15) is 14.0 Å². The fourth-order valence-electron chi connectivity index (χ4n) is 3.96. The monoisotopic (exact) mass is 435 g/mol. The van der Waals surface area contributed by atoms with E-state index in [1.807, 2.05) is 19.1 Å². The van der Waals surface area contributed by atoms with E-state index in [0.717, 1.165) is 25.0 Å². The van der Waals surface area contributed by atoms with E-state index in [-0.39, 0.29) is 11.8 Å². The van der Waals surface area contributed by atoms with Crippen molar-refractivity contribution >= 4 is 0 Å². The Labute approximate surface area is 178 Å². The first-order chi connectivity index (χ1) is 14.7. The molecular formula is C24H22F5NO. The Morgan fingerprint density at radius 2 is 1.77 bits per heavy atom. The number of halogens is 5. The summed E-state index contributed by atoms with van der Waals surface area (Å²) in [5.41, 5.74) is -0.771. The zero-order valence-electron chi connectivity index (χ0n) is 16.9. The molecule has 7 heteroatoms. The Hall–Kier alpha value is -2.88. The molecule has 0 amide bonds. The van der Waals surface area contributed by atoms with Crippen molar-refractivity contribution in [2.45, 2.75) is 50.8 Å². The van der Waals surface area contributed by atoms with Gasteiger partial charge in [0.15, 0.2) is 0 Å². The van der Waals surface area contributed by atoms with Crippen LogP contribution in [0.25, 0.3) is 0 Å². The van der Waals surface area contributed by atoms with E-state index in [4.69, 9.17) is 5.26 Å². The van der Waals surface area contributed by atoms with Crippen LogP contribution in [-0.2, 0) is 6.11 Å². The number of hydrogen-bond donors (Lipinski definition) is 0. The molecule has 0 radical (unpaired) electrons. The molecule has 3 atom stereocenters. The highest BCUT2D eigenvalue weighted by Crippen LogP contribution is 2.40. The second kappa shape index (κ2) is 9.51. The van der Waals surface area contributed by atoms with Gasteiger partial charge in [0.25, 0.3) is 0 Å². The van der Waals surface area contributed by atoms with Gasteiger partial charge in [-0.05, 0) is 56.2 Å². The van der Waals surface area contributed by atoms with E-state index in [9.17, 15) is 22.0 Å². The van der Waals surface area contributed by atoms with Crippen molar-refractivity contribution in [2.24, 2.45) is 5.92 Å². The van der Waals surface area contributed by atoms with Gasteiger partial charge in [0.05, 0.1) is 5.56 Å². The Bertz CT molecular complexity index is 957. The zero-order valence-corrected chi connectivity index (χ0v) is 16.9. The number of allylic oxidation sites excluding steroid dienone is 2. The van der Waals surface area contributed by atoms with Gasteiger partial charge in [-0.1, -0.05) is 24.3 Å². The summed E-state index contributed by atoms with van der Waals surface area (Å²) in [6.07, 6.45) is 1.84. The van der Waals surface area contributed by atoms with E-state index in [1.165, 1.54) is 18.2 Å². The van der Waals surface area contributed by atoms with Crippen molar-refractivity contribution in [3.05, 3.63) is 76.9 Å². The van der Waals surface area contributed by atoms with Crippen LogP contribution in [-0.4, -0.2) is 6.17 Å². The highest BCUT2D eigenvalue weighted by atomic mass is 19.3. The van der Waals surface area contributed by atoms with Crippen molar-refractivity contribution in [2.75, 3.05) is 0 Å². The van der Waals surface area contributed by atoms with Crippen LogP contribution in [0.3, 0.4) is 0 Å². The summed E-state index contributed by atoms with van der Waals surface area (Å²) in [4.78, 5) is 0. The summed E-state index contributed by atoms with van der Waals surface area (Å²) in [5.74, 6) is -3.39. The molecule has 1 fully saturated rings. The standard InChI is InChI=1S/C24H22F5NO/c1-2-3-4-15-5-10-19(21(25)11-15)16-6-8-17(9-7-16)24(28,29)31-18-12-22(26)20(14-30)23(27)13-18/h2-3,6-9,12-13,15,19,21H,4-5,10-11H2,1H3/b3-2-. The maximum absolute atomic E-state index is 14.7. The van der Waals surface area contributed by atoms with E-state index in [1.54, 1.807) is 0 Å². The predicted octanol–water partition coefficient (Wildman–Crippen LogP) is 7.15. The Kier molecular flexibility index (Phi) is 6.99. The lowest BCUT2D eigenvalue weighted by atomic mass is 9.76. The van der Waals surface area contributed by atoms with Crippen LogP contribution in [0.4, 0.5) is 22.0 Å². The molecule has 1 aliphatic rings. The summed E-state index contributed by atoms with van der Waals surface area (Å²) in [6.45, 7) is 1.92. The third-order valence-corrected chi connectivity index (χ3v) is 5.63. The van der Waals surface area contributed by atoms with Crippen molar-refractivity contribution in [1.82, 2.24) is 0 Å². The number of rotatable bonds is 6. The van der Waals surface area contributed by atoms with Crippen LogP contribution in [0.1, 0.15) is 55.2 Å². The third kappa shape index (κ3) is 5.25. The van der Waals surface area contributed by atoms with Gasteiger partial charge in [0.1, 0.15) is 35.2 Å². The highest BCUT2D eigenvalue weighted by molar-refractivity contribution is 5.38. The van der Waals surface area contributed by atoms with Crippen molar-refractivity contribution in [1.29, 1.82) is 5.26 Å². The van der Waals surface area contributed by atoms with Gasteiger partial charge in [-0.25, -0.2) is 13.2 Å². The number of hydrogen-bond acceptors (Lipinski definition) is 2. The quantitative estimate of drug-likeness (QED) is 0.356. The lowest BCUT2D eigenvalue weighted by molar-refractivity contribution is -0.185. The summed E-state index contributed by atoms with van der Waals surface area (Å²) in [7, 11) is 0. The van der Waals surface area contributed by atoms with Crippen LogP contribution < -0.4 is 4.74 Å². The fraction of sp³-hybridized carbons (Fsp3) is 0.375. The molecule has 2 aromatic rings. The topological polar surface area (TPSA) is 33.0 Å². The first-order valence-corrected chi connectivity index (χ1v) is 10.1. The second-order valence-electron chi connectivity index (χ2n) is 7.72. The average Bonchev–Trinajstić information content (AvgIpc) is 2.72. The molecule has 0 aliphatic heterocycles. The summed E-state index contributed by atoms with van der Waals surface area (Å²) >= 11 is 0. The molecule has 1 aliphatic carbocycles. The van der Waals surface area contributed by atoms with E-state index < -0.39 is 40.8 Å². The SMILES string of the molecule is C/C=C\CC1CCC(c2ccc(C(F)(F)Oc3cc(F)c(C#N)c(F)c3)cc2)C(F)C1. The van der Waals surface area contributed by atoms with E-state index >= 15 is 0 Å². The number of benzene rings is 2. The normalized spacial score (nSPS) is 21.8. The number of nitriles is 1. The largest absolute Gasteiger partial charge is 0.429 e. The summed E-state index contributed by atoms with van der Waals surface area (Å²) in [5, 5.41) is 8.66. The molecule has 2 nitrogen and oxygen atoms in total. The summed E-state index contributed by atoms with van der Waals surface area (Å²) < 4.78 is 75.5. The van der Waals surface area contributed by atoms with Gasteiger partial charge in [0, 0.05) is 18.1 Å². The Balaban J connectivity index is 1.71. The van der Waals surface area contributed by atoms with Gasteiger partial charge in [-0.3, -0.25) is 0 Å². The molecule has 0 spiro atoms. The minimum atomic E-state index is -3.87. The molecule has 164 valence electrons. The van der Waals surface area contributed by atoms with Gasteiger partial charge in [0.2, 0.25) is 0 Å². The minimum Gasteiger partial charge on any atom is -0.429 e. The molecule has 0 heterocycles. The molecule has 0 saturated heterocycles. The van der Waals surface area contributed by atoms with E-state index in [0.29, 0.717) is 30.5 Å². The molecule has 0 N–H and O–H groups in total. The maximum Gasteiger partial charge on any atom is 0.426 e. The van der Waals surface area contributed by atoms with Gasteiger partial charge < -0.3 is 4.74 Å². The number of alkyl halides is 3. The fourth-order valence-corrected chi connectivity index (χ4v) is 3.96. The molecule has 0 aromatic heterocycles. The lowest BCUT2D eigenvalue weighted by Gasteiger charge is -2.31. The van der Waals surface area contributed by atoms with Crippen LogP contribution in [0.5, 0.6) is 5.75 Å². The predicted molar refractivity (Wildman–Crippen MR) is 106 cm³/mol. The average molecular weight is 435 g/mol. The Morgan fingerprint density at radius 1 is 1.13 bits per heavy atom. The molecule has 1 saturated carbocycles. The zero-order chi connectivity index (χ0) is 22.6. The van der Waals surface area contributed by atoms with Gasteiger partial charge >= 0.3 is 6.11 Å². The van der Waals surface area contributed by atoms with Crippen LogP contribution >= 0.6 is 0 Å². The van der Waals surface area contributed by atoms with Crippen LogP contribution in [0.15, 0.2) is 48.6 Å². The molecule has 3 rings (SSSR count). The number of ether oxygens (including phenoxy) is 1. The van der Waals surface area contributed by atoms with Gasteiger partial charge in [-0.15, -0.1) is 0 Å². The van der Waals surface area contributed by atoms with Crippen molar-refractivity contribution in [3.8, 4) is 11.8 Å².